The van der Waals surface area contributed by atoms with Crippen LogP contribution in [0.1, 0.15) is 418 Å². The van der Waals surface area contributed by atoms with Crippen LogP contribution in [0.4, 0.5) is 0 Å². The average Bonchev–Trinajstić information content (AvgIpc) is 3.47. The van der Waals surface area contributed by atoms with Crippen LogP contribution in [0.5, 0.6) is 0 Å². The number of ether oxygens (including phenoxy) is 1. The molecule has 0 heterocycles. The van der Waals surface area contributed by atoms with Crippen LogP contribution in [0.15, 0.2) is 24.3 Å². The lowest BCUT2D eigenvalue weighted by atomic mass is 10.0. The lowest BCUT2D eigenvalue weighted by Crippen LogP contribution is -2.45. The van der Waals surface area contributed by atoms with E-state index in [1.807, 2.05) is 0 Å². The molecule has 0 aromatic heterocycles. The highest BCUT2D eigenvalue weighted by Gasteiger charge is 2.20. The summed E-state index contributed by atoms with van der Waals surface area (Å²) in [6.45, 7) is 4.99. The van der Waals surface area contributed by atoms with Gasteiger partial charge in [0.15, 0.2) is 0 Å². The molecule has 0 aliphatic heterocycles. The van der Waals surface area contributed by atoms with Gasteiger partial charge in [-0.15, -0.1) is 0 Å². The predicted octanol–water partition coefficient (Wildman–Crippen LogP) is 24.1. The summed E-state index contributed by atoms with van der Waals surface area (Å²) in [5.74, 6) is -0.0214. The monoisotopic (exact) mass is 1140 g/mol. The molecule has 0 fully saturated rings. The number of esters is 1. The van der Waals surface area contributed by atoms with E-state index in [0.717, 1.165) is 44.9 Å². The maximum Gasteiger partial charge on any atom is 0.305 e. The van der Waals surface area contributed by atoms with Crippen molar-refractivity contribution in [1.29, 1.82) is 0 Å². The normalized spacial score (nSPS) is 12.6. The lowest BCUT2D eigenvalue weighted by Gasteiger charge is -2.22. The summed E-state index contributed by atoms with van der Waals surface area (Å²) in [5, 5.41) is 23.4. The molecular weight excluding hydrogens is 995 g/mol. The van der Waals surface area contributed by atoms with Gasteiger partial charge < -0.3 is 20.3 Å². The average molecular weight is 1140 g/mol. The first-order valence-electron chi connectivity index (χ1n) is 37.1. The summed E-state index contributed by atoms with van der Waals surface area (Å²) < 4.78 is 5.49. The zero-order valence-corrected chi connectivity index (χ0v) is 55.0. The van der Waals surface area contributed by atoms with Gasteiger partial charge in [-0.25, -0.2) is 0 Å². The summed E-state index contributed by atoms with van der Waals surface area (Å²) in [6.07, 6.45) is 89.5. The van der Waals surface area contributed by atoms with Gasteiger partial charge in [0.1, 0.15) is 0 Å². The fourth-order valence-electron chi connectivity index (χ4n) is 11.8. The molecule has 0 spiro atoms. The molecule has 6 heteroatoms. The topological polar surface area (TPSA) is 95.9 Å². The molecule has 6 nitrogen and oxygen atoms in total. The number of amides is 1. The number of rotatable bonds is 70. The zero-order chi connectivity index (χ0) is 58.5. The molecule has 1 amide bonds. The second-order valence-electron chi connectivity index (χ2n) is 25.6. The van der Waals surface area contributed by atoms with Crippen LogP contribution in [0.3, 0.4) is 0 Å². The number of hydrogen-bond donors (Lipinski definition) is 3. The first kappa shape index (κ1) is 79.3. The van der Waals surface area contributed by atoms with Crippen LogP contribution >= 0.6 is 0 Å². The predicted molar refractivity (Wildman–Crippen MR) is 356 cm³/mol. The molecule has 0 bridgehead atoms. The zero-order valence-electron chi connectivity index (χ0n) is 55.0. The van der Waals surface area contributed by atoms with Crippen molar-refractivity contribution >= 4 is 11.9 Å². The standard InChI is InChI=1S/C75H145NO5/c1-3-5-7-9-11-13-15-17-19-20-21-30-33-36-40-43-47-51-55-59-63-67-73(78)72(71-77)76-74(79)68-64-60-56-52-48-44-41-37-34-31-28-26-24-22-23-25-27-29-32-35-38-42-46-50-54-58-62-66-70-81-75(80)69-65-61-57-53-49-45-39-18-16-14-12-10-8-6-4-2/h18,22-23,39,72-73,77-78H,3-17,19-21,24-38,40-71H2,1-2H3,(H,76,79)/b23-22-,39-18-. The number of hydrogen-bond acceptors (Lipinski definition) is 5. The fourth-order valence-corrected chi connectivity index (χ4v) is 11.8. The van der Waals surface area contributed by atoms with Gasteiger partial charge in [-0.3, -0.25) is 9.59 Å². The first-order chi connectivity index (χ1) is 40.0. The fraction of sp³-hybridized carbons (Fsp3) is 0.920. The minimum absolute atomic E-state index is 0.00880. The van der Waals surface area contributed by atoms with E-state index in [2.05, 4.69) is 43.5 Å². The van der Waals surface area contributed by atoms with E-state index in [1.165, 1.54) is 340 Å². The van der Waals surface area contributed by atoms with Gasteiger partial charge in [0, 0.05) is 12.8 Å². The van der Waals surface area contributed by atoms with Crippen LogP contribution in [0.2, 0.25) is 0 Å². The molecule has 0 rings (SSSR count). The van der Waals surface area contributed by atoms with Gasteiger partial charge in [0.2, 0.25) is 5.91 Å². The molecule has 2 atom stereocenters. The van der Waals surface area contributed by atoms with Gasteiger partial charge >= 0.3 is 5.97 Å². The highest BCUT2D eigenvalue weighted by molar-refractivity contribution is 5.76. The van der Waals surface area contributed by atoms with Crippen LogP contribution in [0.25, 0.3) is 0 Å². The van der Waals surface area contributed by atoms with Crippen LogP contribution in [0, 0.1) is 0 Å². The second-order valence-corrected chi connectivity index (χ2v) is 25.6. The molecule has 3 N–H and O–H groups in total. The van der Waals surface area contributed by atoms with Crippen molar-refractivity contribution < 1.29 is 24.5 Å². The molecular formula is C75H145NO5. The third-order valence-corrected chi connectivity index (χ3v) is 17.5. The number of carbonyl (C=O) groups is 2. The molecule has 2 unspecified atom stereocenters. The SMILES string of the molecule is CCCCCCCC/C=C\CCCCCCCC(=O)OCCCCCCCCCCCCCC/C=C\CCCCCCCCCCCCCCC(=O)NC(CO)C(O)CCCCCCCCCCCCCCCCCCCCCCC. The number of carbonyl (C=O) groups excluding carboxylic acids is 2. The van der Waals surface area contributed by atoms with Gasteiger partial charge in [0.25, 0.3) is 0 Å². The van der Waals surface area contributed by atoms with E-state index < -0.39 is 12.1 Å². The van der Waals surface area contributed by atoms with Crippen LogP contribution in [-0.2, 0) is 14.3 Å². The Kier molecular flexibility index (Phi) is 69.4. The molecule has 81 heavy (non-hydrogen) atoms. The number of nitrogens with one attached hydrogen (secondary N) is 1. The van der Waals surface area contributed by atoms with E-state index in [4.69, 9.17) is 4.74 Å². The van der Waals surface area contributed by atoms with Gasteiger partial charge in [-0.1, -0.05) is 353 Å². The lowest BCUT2D eigenvalue weighted by molar-refractivity contribution is -0.143. The Hall–Kier alpha value is -1.66. The van der Waals surface area contributed by atoms with E-state index in [-0.39, 0.29) is 18.5 Å². The molecule has 480 valence electrons. The molecule has 0 aliphatic rings. The van der Waals surface area contributed by atoms with Gasteiger partial charge in [0.05, 0.1) is 25.4 Å². The Labute approximate surface area is 507 Å². The Morgan fingerprint density at radius 3 is 0.877 bits per heavy atom. The highest BCUT2D eigenvalue weighted by atomic mass is 16.5. The van der Waals surface area contributed by atoms with Crippen molar-refractivity contribution in [2.75, 3.05) is 13.2 Å². The third-order valence-electron chi connectivity index (χ3n) is 17.5. The number of aliphatic hydroxyl groups is 2. The summed E-state index contributed by atoms with van der Waals surface area (Å²) >= 11 is 0. The molecule has 0 saturated heterocycles. The quantitative estimate of drug-likeness (QED) is 0.0320. The Balaban J connectivity index is 3.38. The summed E-state index contributed by atoms with van der Waals surface area (Å²) in [4.78, 5) is 24.6. The molecule has 0 aromatic rings. The van der Waals surface area contributed by atoms with Crippen LogP contribution < -0.4 is 5.32 Å². The third kappa shape index (κ3) is 67.3. The largest absolute Gasteiger partial charge is 0.466 e. The van der Waals surface area contributed by atoms with Crippen LogP contribution in [-0.4, -0.2) is 47.4 Å². The molecule has 0 saturated carbocycles. The Bertz CT molecular complexity index is 1270. The van der Waals surface area contributed by atoms with Gasteiger partial charge in [-0.2, -0.15) is 0 Å². The van der Waals surface area contributed by atoms with Gasteiger partial charge in [-0.05, 0) is 77.0 Å². The van der Waals surface area contributed by atoms with E-state index in [9.17, 15) is 19.8 Å². The molecule has 0 radical (unpaired) electrons. The number of aliphatic hydroxyl groups excluding tert-OH is 2. The minimum Gasteiger partial charge on any atom is -0.466 e. The van der Waals surface area contributed by atoms with E-state index in [1.54, 1.807) is 0 Å². The van der Waals surface area contributed by atoms with Crippen molar-refractivity contribution in [3.63, 3.8) is 0 Å². The molecule has 0 aliphatic carbocycles. The summed E-state index contributed by atoms with van der Waals surface area (Å²) in [7, 11) is 0. The molecule has 0 aromatic carbocycles. The Morgan fingerprint density at radius 1 is 0.333 bits per heavy atom. The maximum absolute atomic E-state index is 12.6. The Morgan fingerprint density at radius 2 is 0.580 bits per heavy atom. The summed E-state index contributed by atoms with van der Waals surface area (Å²) in [5.41, 5.74) is 0. The van der Waals surface area contributed by atoms with E-state index in [0.29, 0.717) is 25.9 Å². The smallest absolute Gasteiger partial charge is 0.305 e. The van der Waals surface area contributed by atoms with Crippen molar-refractivity contribution in [3.05, 3.63) is 24.3 Å². The highest BCUT2D eigenvalue weighted by Crippen LogP contribution is 2.19. The number of allylic oxidation sites excluding steroid dienone is 4. The van der Waals surface area contributed by atoms with E-state index >= 15 is 0 Å². The minimum atomic E-state index is -0.665. The maximum atomic E-state index is 12.6. The summed E-state index contributed by atoms with van der Waals surface area (Å²) in [6, 6.07) is -0.542. The van der Waals surface area contributed by atoms with Crippen molar-refractivity contribution in [2.45, 2.75) is 431 Å². The first-order valence-corrected chi connectivity index (χ1v) is 37.1. The van der Waals surface area contributed by atoms with Crippen molar-refractivity contribution in [1.82, 2.24) is 5.32 Å². The second kappa shape index (κ2) is 70.8. The number of unbranched alkanes of at least 4 members (excludes halogenated alkanes) is 55. The van der Waals surface area contributed by atoms with Crippen molar-refractivity contribution in [3.8, 4) is 0 Å². The van der Waals surface area contributed by atoms with Crippen molar-refractivity contribution in [2.24, 2.45) is 0 Å².